The second-order valence-corrected chi connectivity index (χ2v) is 10.7. The molecular formula is C27H42N2O6. The third-order valence-electron chi connectivity index (χ3n) is 8.50. The number of nitrogens with one attached hydrogen (secondary N) is 2. The number of hydrogen-bond donors (Lipinski definition) is 4. The van der Waals surface area contributed by atoms with Crippen LogP contribution in [0.4, 0.5) is 4.79 Å². The number of carbonyl (C=O) groups is 2. The van der Waals surface area contributed by atoms with Crippen molar-refractivity contribution in [1.29, 1.82) is 0 Å². The Kier molecular flexibility index (Phi) is 9.05. The first-order valence-electron chi connectivity index (χ1n) is 12.8. The zero-order valence-electron chi connectivity index (χ0n) is 21.5. The van der Waals surface area contributed by atoms with Crippen molar-refractivity contribution in [1.82, 2.24) is 10.6 Å². The number of ether oxygens (including phenoxy) is 2. The van der Waals surface area contributed by atoms with Crippen LogP contribution in [0.15, 0.2) is 24.3 Å². The summed E-state index contributed by atoms with van der Waals surface area (Å²) in [7, 11) is 1.61. The summed E-state index contributed by atoms with van der Waals surface area (Å²) in [6, 6.07) is 7.54. The van der Waals surface area contributed by atoms with Gasteiger partial charge in [0.15, 0.2) is 0 Å². The fourth-order valence-electron chi connectivity index (χ4n) is 6.39. The molecule has 0 spiro atoms. The molecule has 8 heteroatoms. The van der Waals surface area contributed by atoms with E-state index in [2.05, 4.69) is 17.6 Å². The number of methoxy groups -OCH3 is 1. The predicted molar refractivity (Wildman–Crippen MR) is 133 cm³/mol. The number of rotatable bonds is 9. The van der Waals surface area contributed by atoms with Gasteiger partial charge in [-0.3, -0.25) is 4.79 Å². The zero-order valence-corrected chi connectivity index (χ0v) is 21.5. The average Bonchev–Trinajstić information content (AvgIpc) is 2.85. The molecule has 4 N–H and O–H groups in total. The largest absolute Gasteiger partial charge is 0.497 e. The van der Waals surface area contributed by atoms with Crippen LogP contribution in [-0.4, -0.2) is 54.7 Å². The monoisotopic (exact) mass is 490 g/mol. The summed E-state index contributed by atoms with van der Waals surface area (Å²) < 4.78 is 11.0. The van der Waals surface area contributed by atoms with Crippen molar-refractivity contribution < 1.29 is 29.3 Å². The van der Waals surface area contributed by atoms with Gasteiger partial charge in [-0.25, -0.2) is 4.79 Å². The van der Waals surface area contributed by atoms with Crippen LogP contribution in [0, 0.1) is 22.7 Å². The van der Waals surface area contributed by atoms with Crippen molar-refractivity contribution in [2.24, 2.45) is 22.7 Å². The van der Waals surface area contributed by atoms with E-state index in [1.54, 1.807) is 7.11 Å². The molecule has 35 heavy (non-hydrogen) atoms. The summed E-state index contributed by atoms with van der Waals surface area (Å²) in [5.74, 6) is 0.437. The third-order valence-corrected chi connectivity index (χ3v) is 8.50. The van der Waals surface area contributed by atoms with E-state index < -0.39 is 23.7 Å². The molecule has 3 rings (SSSR count). The van der Waals surface area contributed by atoms with Gasteiger partial charge >= 0.3 is 6.09 Å². The molecule has 2 saturated carbocycles. The lowest BCUT2D eigenvalue weighted by Crippen LogP contribution is -2.61. The minimum absolute atomic E-state index is 0.0144. The van der Waals surface area contributed by atoms with Crippen LogP contribution < -0.4 is 15.4 Å². The maximum absolute atomic E-state index is 12.9. The quantitative estimate of drug-likeness (QED) is 0.422. The van der Waals surface area contributed by atoms with Crippen LogP contribution in [0.1, 0.15) is 64.9 Å². The minimum Gasteiger partial charge on any atom is -0.497 e. The van der Waals surface area contributed by atoms with E-state index in [9.17, 15) is 19.8 Å². The molecule has 2 amide bonds. The number of aliphatic hydroxyl groups is 2. The van der Waals surface area contributed by atoms with Gasteiger partial charge in [0.1, 0.15) is 11.9 Å². The van der Waals surface area contributed by atoms with E-state index >= 15 is 0 Å². The lowest BCUT2D eigenvalue weighted by molar-refractivity contribution is -0.186. The number of benzene rings is 1. The molecule has 0 radical (unpaired) electrons. The smallest absolute Gasteiger partial charge is 0.407 e. The van der Waals surface area contributed by atoms with E-state index in [0.29, 0.717) is 32.4 Å². The van der Waals surface area contributed by atoms with Crippen LogP contribution in [0.3, 0.4) is 0 Å². The first-order valence-corrected chi connectivity index (χ1v) is 12.8. The molecule has 8 nitrogen and oxygen atoms in total. The fraction of sp³-hybridized carbons (Fsp3) is 0.704. The molecule has 0 aromatic heterocycles. The molecular weight excluding hydrogens is 448 g/mol. The van der Waals surface area contributed by atoms with Gasteiger partial charge in [-0.05, 0) is 67.1 Å². The lowest BCUT2D eigenvalue weighted by Gasteiger charge is -2.60. The Morgan fingerprint density at radius 1 is 1.11 bits per heavy atom. The molecule has 2 aliphatic carbocycles. The molecule has 0 bridgehead atoms. The molecule has 1 aromatic carbocycles. The lowest BCUT2D eigenvalue weighted by atomic mass is 9.46. The Morgan fingerprint density at radius 2 is 1.83 bits per heavy atom. The van der Waals surface area contributed by atoms with Gasteiger partial charge < -0.3 is 30.3 Å². The van der Waals surface area contributed by atoms with Crippen LogP contribution in [0.5, 0.6) is 5.75 Å². The predicted octanol–water partition coefficient (Wildman–Crippen LogP) is 3.39. The van der Waals surface area contributed by atoms with Gasteiger partial charge in [-0.15, -0.1) is 0 Å². The number of carbonyl (C=O) groups excluding carboxylic acids is 2. The van der Waals surface area contributed by atoms with Gasteiger partial charge in [-0.2, -0.15) is 0 Å². The van der Waals surface area contributed by atoms with Crippen LogP contribution >= 0.6 is 0 Å². The first-order chi connectivity index (χ1) is 16.7. The van der Waals surface area contributed by atoms with E-state index in [0.717, 1.165) is 24.2 Å². The van der Waals surface area contributed by atoms with Crippen LogP contribution in [0.25, 0.3) is 0 Å². The maximum Gasteiger partial charge on any atom is 0.407 e. The highest BCUT2D eigenvalue weighted by Crippen LogP contribution is 2.61. The van der Waals surface area contributed by atoms with Crippen molar-refractivity contribution in [2.75, 3.05) is 20.3 Å². The summed E-state index contributed by atoms with van der Waals surface area (Å²) in [6.07, 6.45) is 2.15. The maximum atomic E-state index is 12.9. The molecule has 196 valence electrons. The summed E-state index contributed by atoms with van der Waals surface area (Å²) >= 11 is 0. The fourth-order valence-corrected chi connectivity index (χ4v) is 6.39. The standard InChI is InChI=1S/C27H42N2O6/c1-5-14-28-25(33)35-23-12-13-26(2)20(21(31)10-11-22(26)27(23,3)17-30)15-24(32)29-16-18-6-8-19(34-4)9-7-18/h6-9,20-23,30-31H,5,10-17H2,1-4H3,(H,28,33)(H,29,32)/t20-,21-,22+,23+,26-,27+/m1/s1. The van der Waals surface area contributed by atoms with Crippen molar-refractivity contribution in [3.05, 3.63) is 29.8 Å². The number of alkyl carbamates (subject to hydrolysis) is 1. The van der Waals surface area contributed by atoms with Crippen molar-refractivity contribution >= 4 is 12.0 Å². The van der Waals surface area contributed by atoms with Gasteiger partial charge in [0.05, 0.1) is 19.8 Å². The Bertz CT molecular complexity index is 862. The van der Waals surface area contributed by atoms with E-state index in [-0.39, 0.29) is 36.2 Å². The minimum atomic E-state index is -0.644. The summed E-state index contributed by atoms with van der Waals surface area (Å²) in [5.41, 5.74) is -0.0276. The number of fused-ring (bicyclic) bond motifs is 1. The third kappa shape index (κ3) is 5.92. The van der Waals surface area contributed by atoms with E-state index in [1.165, 1.54) is 0 Å². The van der Waals surface area contributed by atoms with Gasteiger partial charge in [-0.1, -0.05) is 32.9 Å². The van der Waals surface area contributed by atoms with E-state index in [1.807, 2.05) is 38.1 Å². The molecule has 0 saturated heterocycles. The summed E-state index contributed by atoms with van der Waals surface area (Å²) in [4.78, 5) is 25.2. The molecule has 2 fully saturated rings. The van der Waals surface area contributed by atoms with E-state index in [4.69, 9.17) is 9.47 Å². The topological polar surface area (TPSA) is 117 Å². The molecule has 2 aliphatic rings. The number of hydrogen-bond acceptors (Lipinski definition) is 6. The van der Waals surface area contributed by atoms with Crippen molar-refractivity contribution in [2.45, 2.75) is 78.0 Å². The number of amides is 2. The van der Waals surface area contributed by atoms with Crippen molar-refractivity contribution in [3.8, 4) is 5.75 Å². The first kappa shape index (κ1) is 27.3. The van der Waals surface area contributed by atoms with Gasteiger partial charge in [0.25, 0.3) is 0 Å². The Balaban J connectivity index is 1.69. The second-order valence-electron chi connectivity index (χ2n) is 10.7. The molecule has 6 atom stereocenters. The zero-order chi connectivity index (χ0) is 25.6. The molecule has 0 aliphatic heterocycles. The molecule has 1 aromatic rings. The average molecular weight is 491 g/mol. The highest BCUT2D eigenvalue weighted by molar-refractivity contribution is 5.76. The van der Waals surface area contributed by atoms with Gasteiger partial charge in [0.2, 0.25) is 5.91 Å². The van der Waals surface area contributed by atoms with Crippen LogP contribution in [-0.2, 0) is 16.1 Å². The van der Waals surface area contributed by atoms with Crippen LogP contribution in [0.2, 0.25) is 0 Å². The Labute approximate surface area is 208 Å². The number of aliphatic hydroxyl groups excluding tert-OH is 2. The van der Waals surface area contributed by atoms with Gasteiger partial charge in [0, 0.05) is 24.9 Å². The summed E-state index contributed by atoms with van der Waals surface area (Å²) in [5, 5.41) is 27.2. The molecule has 0 heterocycles. The molecule has 0 unspecified atom stereocenters. The highest BCUT2D eigenvalue weighted by atomic mass is 16.6. The summed E-state index contributed by atoms with van der Waals surface area (Å²) in [6.45, 7) is 6.91. The normalized spacial score (nSPS) is 32.3. The Hall–Kier alpha value is -2.32. The Morgan fingerprint density at radius 3 is 2.46 bits per heavy atom. The second kappa shape index (κ2) is 11.6. The highest BCUT2D eigenvalue weighted by Gasteiger charge is 2.60. The SMILES string of the molecule is CCCNC(=O)O[C@H]1CC[C@@]2(C)[C@H](CC[C@@H](O)[C@H]2CC(=O)NCc2ccc(OC)cc2)[C@]1(C)CO. The van der Waals surface area contributed by atoms with Crippen molar-refractivity contribution in [3.63, 3.8) is 0 Å².